The first-order valence-corrected chi connectivity index (χ1v) is 3.16. The van der Waals surface area contributed by atoms with Gasteiger partial charge in [0.05, 0.1) is 12.7 Å². The Labute approximate surface area is 48.8 Å². The van der Waals surface area contributed by atoms with Crippen LogP contribution in [0.3, 0.4) is 0 Å². The van der Waals surface area contributed by atoms with Crippen molar-refractivity contribution < 1.29 is 9.47 Å². The van der Waals surface area contributed by atoms with E-state index < -0.39 is 0 Å². The van der Waals surface area contributed by atoms with Crippen LogP contribution in [0.1, 0.15) is 12.8 Å². The molecule has 1 atom stereocenters. The van der Waals surface area contributed by atoms with Gasteiger partial charge in [0.25, 0.3) is 0 Å². The van der Waals surface area contributed by atoms with Gasteiger partial charge in [-0.25, -0.2) is 0 Å². The first-order chi connectivity index (χ1) is 3.97. The predicted molar refractivity (Wildman–Crippen MR) is 28.4 cm³/mol. The Bertz CT molecular complexity index is 82.5. The van der Waals surface area contributed by atoms with Crippen LogP contribution < -0.4 is 0 Å². The molecular weight excluding hydrogens is 104 g/mol. The fourth-order valence-electron chi connectivity index (χ4n) is 1.09. The molecule has 2 nitrogen and oxygen atoms in total. The van der Waals surface area contributed by atoms with Gasteiger partial charge in [-0.15, -0.1) is 0 Å². The van der Waals surface area contributed by atoms with Crippen LogP contribution in [0, 0.1) is 5.92 Å². The van der Waals surface area contributed by atoms with Crippen molar-refractivity contribution in [2.45, 2.75) is 18.9 Å². The first-order valence-electron chi connectivity index (χ1n) is 3.16. The molecule has 2 aliphatic rings. The Kier molecular flexibility index (Phi) is 1.02. The van der Waals surface area contributed by atoms with Crippen LogP contribution >= 0.6 is 0 Å². The van der Waals surface area contributed by atoms with E-state index in [-0.39, 0.29) is 0 Å². The van der Waals surface area contributed by atoms with Gasteiger partial charge in [-0.1, -0.05) is 0 Å². The van der Waals surface area contributed by atoms with E-state index >= 15 is 0 Å². The Morgan fingerprint density at radius 2 is 2.12 bits per heavy atom. The fourth-order valence-corrected chi connectivity index (χ4v) is 1.09. The van der Waals surface area contributed by atoms with Gasteiger partial charge >= 0.3 is 0 Å². The van der Waals surface area contributed by atoms with Gasteiger partial charge in [-0.2, -0.15) is 0 Å². The molecule has 1 aliphatic heterocycles. The second kappa shape index (κ2) is 1.71. The minimum Gasteiger partial charge on any atom is -0.353 e. The van der Waals surface area contributed by atoms with Crippen molar-refractivity contribution in [1.29, 1.82) is 0 Å². The third-order valence-corrected chi connectivity index (χ3v) is 1.80. The average molecular weight is 114 g/mol. The second-order valence-corrected chi connectivity index (χ2v) is 2.53. The molecule has 1 saturated carbocycles. The largest absolute Gasteiger partial charge is 0.353 e. The van der Waals surface area contributed by atoms with E-state index in [0.29, 0.717) is 12.9 Å². The van der Waals surface area contributed by atoms with Crippen molar-refractivity contribution in [1.82, 2.24) is 0 Å². The Balaban J connectivity index is 1.86. The first kappa shape index (κ1) is 4.77. The molecule has 8 heavy (non-hydrogen) atoms. The van der Waals surface area contributed by atoms with Crippen LogP contribution in [0.5, 0.6) is 0 Å². The summed E-state index contributed by atoms with van der Waals surface area (Å²) in [4.78, 5) is 0. The lowest BCUT2D eigenvalue weighted by molar-refractivity contribution is 0.0409. The third kappa shape index (κ3) is 0.740. The zero-order chi connectivity index (χ0) is 5.40. The Morgan fingerprint density at radius 3 is 2.62 bits per heavy atom. The van der Waals surface area contributed by atoms with Gasteiger partial charge in [0.1, 0.15) is 6.79 Å². The van der Waals surface area contributed by atoms with Gasteiger partial charge < -0.3 is 9.47 Å². The van der Waals surface area contributed by atoms with Crippen LogP contribution in [0.25, 0.3) is 0 Å². The molecular formula is C6H10O2. The quantitative estimate of drug-likeness (QED) is 0.501. The van der Waals surface area contributed by atoms with Crippen LogP contribution in [0.2, 0.25) is 0 Å². The summed E-state index contributed by atoms with van der Waals surface area (Å²) in [5.41, 5.74) is 0. The van der Waals surface area contributed by atoms with Crippen molar-refractivity contribution in [3.8, 4) is 0 Å². The zero-order valence-electron chi connectivity index (χ0n) is 4.80. The number of hydrogen-bond acceptors (Lipinski definition) is 2. The van der Waals surface area contributed by atoms with E-state index in [1.807, 2.05) is 0 Å². The molecule has 0 radical (unpaired) electrons. The minimum absolute atomic E-state index is 0.454. The molecule has 1 aliphatic carbocycles. The molecule has 0 N–H and O–H groups in total. The molecule has 0 spiro atoms. The van der Waals surface area contributed by atoms with Gasteiger partial charge in [-0.3, -0.25) is 0 Å². The van der Waals surface area contributed by atoms with Crippen LogP contribution in [0.4, 0.5) is 0 Å². The Hall–Kier alpha value is -0.0800. The van der Waals surface area contributed by atoms with Crippen molar-refractivity contribution in [3.05, 3.63) is 0 Å². The Morgan fingerprint density at radius 1 is 1.25 bits per heavy atom. The molecule has 1 unspecified atom stereocenters. The normalized spacial score (nSPS) is 38.2. The van der Waals surface area contributed by atoms with E-state index in [4.69, 9.17) is 9.47 Å². The maximum absolute atomic E-state index is 5.25. The van der Waals surface area contributed by atoms with E-state index in [0.717, 1.165) is 12.5 Å². The smallest absolute Gasteiger partial charge is 0.147 e. The second-order valence-electron chi connectivity index (χ2n) is 2.53. The van der Waals surface area contributed by atoms with Crippen LogP contribution in [0.15, 0.2) is 0 Å². The molecule has 1 saturated heterocycles. The van der Waals surface area contributed by atoms with E-state index in [1.165, 1.54) is 12.8 Å². The highest BCUT2D eigenvalue weighted by molar-refractivity contribution is 4.82. The van der Waals surface area contributed by atoms with Crippen LogP contribution in [-0.2, 0) is 9.47 Å². The summed E-state index contributed by atoms with van der Waals surface area (Å²) < 4.78 is 10.3. The van der Waals surface area contributed by atoms with E-state index in [2.05, 4.69) is 0 Å². The summed E-state index contributed by atoms with van der Waals surface area (Å²) in [6.07, 6.45) is 3.16. The molecule has 1 heterocycles. The standard InChI is InChI=1S/C6H10O2/c1-2-5(1)6-3-7-4-8-6/h5-6H,1-4H2. The lowest BCUT2D eigenvalue weighted by atomic mass is 10.2. The molecule has 46 valence electrons. The lowest BCUT2D eigenvalue weighted by Crippen LogP contribution is -2.10. The van der Waals surface area contributed by atoms with Crippen LogP contribution in [-0.4, -0.2) is 19.5 Å². The van der Waals surface area contributed by atoms with Crippen molar-refractivity contribution in [3.63, 3.8) is 0 Å². The number of rotatable bonds is 1. The highest BCUT2D eigenvalue weighted by atomic mass is 16.7. The monoisotopic (exact) mass is 114 g/mol. The van der Waals surface area contributed by atoms with Crippen molar-refractivity contribution in [2.24, 2.45) is 5.92 Å². The maximum atomic E-state index is 5.25. The minimum atomic E-state index is 0.454. The molecule has 2 fully saturated rings. The summed E-state index contributed by atoms with van der Waals surface area (Å²) in [5.74, 6) is 0.845. The highest BCUT2D eigenvalue weighted by Crippen LogP contribution is 2.35. The summed E-state index contributed by atoms with van der Waals surface area (Å²) in [6.45, 7) is 1.37. The summed E-state index contributed by atoms with van der Waals surface area (Å²) in [7, 11) is 0. The molecule has 2 rings (SSSR count). The summed E-state index contributed by atoms with van der Waals surface area (Å²) in [5, 5.41) is 0. The van der Waals surface area contributed by atoms with Crippen molar-refractivity contribution >= 4 is 0 Å². The summed E-state index contributed by atoms with van der Waals surface area (Å²) in [6, 6.07) is 0. The van der Waals surface area contributed by atoms with Gasteiger partial charge in [0, 0.05) is 0 Å². The van der Waals surface area contributed by atoms with E-state index in [9.17, 15) is 0 Å². The van der Waals surface area contributed by atoms with E-state index in [1.54, 1.807) is 0 Å². The van der Waals surface area contributed by atoms with Crippen molar-refractivity contribution in [2.75, 3.05) is 13.4 Å². The fraction of sp³-hybridized carbons (Fsp3) is 1.00. The number of hydrogen-bond donors (Lipinski definition) is 0. The summed E-state index contributed by atoms with van der Waals surface area (Å²) >= 11 is 0. The molecule has 0 aromatic carbocycles. The number of ether oxygens (including phenoxy) is 2. The third-order valence-electron chi connectivity index (χ3n) is 1.80. The maximum Gasteiger partial charge on any atom is 0.147 e. The topological polar surface area (TPSA) is 18.5 Å². The average Bonchev–Trinajstić information content (AvgIpc) is 2.49. The molecule has 0 aromatic rings. The lowest BCUT2D eigenvalue weighted by Gasteiger charge is -2.01. The highest BCUT2D eigenvalue weighted by Gasteiger charge is 2.34. The van der Waals surface area contributed by atoms with Gasteiger partial charge in [0.15, 0.2) is 0 Å². The molecule has 2 heteroatoms. The predicted octanol–water partition coefficient (Wildman–Crippen LogP) is 0.769. The zero-order valence-corrected chi connectivity index (χ0v) is 4.80. The van der Waals surface area contributed by atoms with Gasteiger partial charge in [-0.05, 0) is 18.8 Å². The molecule has 0 bridgehead atoms. The SMILES string of the molecule is C1OCC(C2CC2)O1. The molecule has 0 aromatic heterocycles. The molecule has 0 amide bonds. The van der Waals surface area contributed by atoms with Gasteiger partial charge in [0.2, 0.25) is 0 Å².